The highest BCUT2D eigenvalue weighted by atomic mass is 32.2. The fourth-order valence-electron chi connectivity index (χ4n) is 1.77. The van der Waals surface area contributed by atoms with Crippen LogP contribution < -0.4 is 4.72 Å². The van der Waals surface area contributed by atoms with Gasteiger partial charge < -0.3 is 14.8 Å². The first-order valence-corrected chi connectivity index (χ1v) is 7.94. The van der Waals surface area contributed by atoms with Crippen molar-refractivity contribution in [3.8, 4) is 0 Å². The molecule has 7 nitrogen and oxygen atoms in total. The van der Waals surface area contributed by atoms with Crippen molar-refractivity contribution in [2.45, 2.75) is 37.6 Å². The summed E-state index contributed by atoms with van der Waals surface area (Å²) in [4.78, 5) is 11.0. The minimum absolute atomic E-state index is 0.0427. The van der Waals surface area contributed by atoms with Crippen molar-refractivity contribution in [2.24, 2.45) is 0 Å². The van der Waals surface area contributed by atoms with E-state index in [4.69, 9.17) is 10.2 Å². The summed E-state index contributed by atoms with van der Waals surface area (Å²) in [6, 6.07) is 1.15. The molecule has 0 aliphatic carbocycles. The molecule has 0 radical (unpaired) electrons. The van der Waals surface area contributed by atoms with E-state index in [9.17, 15) is 13.2 Å². The molecule has 1 aromatic rings. The number of aliphatic hydroxyl groups excluding tert-OH is 1. The number of carboxylic acids is 1. The molecule has 8 heteroatoms. The molecule has 0 aliphatic heterocycles. The Morgan fingerprint density at radius 2 is 2.05 bits per heavy atom. The standard InChI is InChI=1S/C12H20N2O5S/c1-2-14-9-10(8-11(14)12(16)17)20(18,19)13-6-4-3-5-7-15/h8-9,13,15H,2-7H2,1H3,(H,16,17). The Hall–Kier alpha value is -1.38. The van der Waals surface area contributed by atoms with E-state index in [1.54, 1.807) is 6.92 Å². The Kier molecular flexibility index (Phi) is 6.18. The fraction of sp³-hybridized carbons (Fsp3) is 0.583. The average Bonchev–Trinajstić information content (AvgIpc) is 2.83. The number of nitrogens with one attached hydrogen (secondary N) is 1. The lowest BCUT2D eigenvalue weighted by Crippen LogP contribution is -2.24. The predicted molar refractivity (Wildman–Crippen MR) is 73.2 cm³/mol. The van der Waals surface area contributed by atoms with Gasteiger partial charge in [-0.25, -0.2) is 17.9 Å². The van der Waals surface area contributed by atoms with Gasteiger partial charge in [0, 0.05) is 25.9 Å². The number of carboxylic acid groups (broad SMARTS) is 1. The summed E-state index contributed by atoms with van der Waals surface area (Å²) < 4.78 is 27.8. The molecule has 1 heterocycles. The lowest BCUT2D eigenvalue weighted by atomic mass is 10.2. The zero-order valence-electron chi connectivity index (χ0n) is 11.4. The predicted octanol–water partition coefficient (Wildman–Crippen LogP) is 0.647. The molecule has 0 saturated heterocycles. The molecule has 1 aromatic heterocycles. The minimum atomic E-state index is -3.69. The maximum atomic E-state index is 12.0. The molecule has 0 aliphatic rings. The van der Waals surface area contributed by atoms with E-state index in [2.05, 4.69) is 4.72 Å². The van der Waals surface area contributed by atoms with Crippen molar-refractivity contribution in [2.75, 3.05) is 13.2 Å². The van der Waals surface area contributed by atoms with E-state index in [0.29, 0.717) is 19.4 Å². The monoisotopic (exact) mass is 304 g/mol. The van der Waals surface area contributed by atoms with Crippen molar-refractivity contribution in [3.05, 3.63) is 18.0 Å². The van der Waals surface area contributed by atoms with Crippen LogP contribution in [0.1, 0.15) is 36.7 Å². The van der Waals surface area contributed by atoms with Crippen LogP contribution in [0.4, 0.5) is 0 Å². The Morgan fingerprint density at radius 3 is 2.55 bits per heavy atom. The molecule has 0 aromatic carbocycles. The summed E-state index contributed by atoms with van der Waals surface area (Å²) in [5, 5.41) is 17.6. The van der Waals surface area contributed by atoms with Crippen LogP contribution in [0.15, 0.2) is 17.2 Å². The molecule has 0 amide bonds. The summed E-state index contributed by atoms with van der Waals surface area (Å²) in [5.41, 5.74) is -0.0480. The molecule has 0 atom stereocenters. The van der Waals surface area contributed by atoms with Crippen molar-refractivity contribution >= 4 is 16.0 Å². The van der Waals surface area contributed by atoms with Gasteiger partial charge >= 0.3 is 5.97 Å². The van der Waals surface area contributed by atoms with E-state index in [1.807, 2.05) is 0 Å². The highest BCUT2D eigenvalue weighted by molar-refractivity contribution is 7.89. The number of aromatic carboxylic acids is 1. The number of hydrogen-bond donors (Lipinski definition) is 3. The third-order valence-corrected chi connectivity index (χ3v) is 4.30. The van der Waals surface area contributed by atoms with Gasteiger partial charge in [0.2, 0.25) is 10.0 Å². The van der Waals surface area contributed by atoms with Crippen LogP contribution in [-0.4, -0.2) is 42.3 Å². The highest BCUT2D eigenvalue weighted by Gasteiger charge is 2.20. The Balaban J connectivity index is 2.75. The Morgan fingerprint density at radius 1 is 1.35 bits per heavy atom. The Bertz CT molecular complexity index is 550. The van der Waals surface area contributed by atoms with Crippen molar-refractivity contribution in [3.63, 3.8) is 0 Å². The van der Waals surface area contributed by atoms with Gasteiger partial charge in [-0.05, 0) is 32.3 Å². The first-order valence-electron chi connectivity index (χ1n) is 6.46. The zero-order valence-corrected chi connectivity index (χ0v) is 12.2. The number of unbranched alkanes of at least 4 members (excludes halogenated alkanes) is 2. The number of aromatic nitrogens is 1. The first-order chi connectivity index (χ1) is 9.42. The smallest absolute Gasteiger partial charge is 0.352 e. The van der Waals surface area contributed by atoms with Crippen LogP contribution in [0.3, 0.4) is 0 Å². The summed E-state index contributed by atoms with van der Waals surface area (Å²) in [5.74, 6) is -1.16. The van der Waals surface area contributed by atoms with Gasteiger partial charge in [0.25, 0.3) is 0 Å². The van der Waals surface area contributed by atoms with Gasteiger partial charge in [-0.15, -0.1) is 0 Å². The van der Waals surface area contributed by atoms with E-state index >= 15 is 0 Å². The molecule has 3 N–H and O–H groups in total. The van der Waals surface area contributed by atoms with E-state index in [-0.39, 0.29) is 23.7 Å². The molecule has 0 unspecified atom stereocenters. The van der Waals surface area contributed by atoms with Crippen LogP contribution >= 0.6 is 0 Å². The lowest BCUT2D eigenvalue weighted by Gasteiger charge is -2.04. The van der Waals surface area contributed by atoms with Gasteiger partial charge in [0.05, 0.1) is 0 Å². The van der Waals surface area contributed by atoms with E-state index in [1.165, 1.54) is 10.8 Å². The molecule has 0 fully saturated rings. The number of sulfonamides is 1. The van der Waals surface area contributed by atoms with Crippen molar-refractivity contribution < 1.29 is 23.4 Å². The van der Waals surface area contributed by atoms with Gasteiger partial charge in [0.1, 0.15) is 10.6 Å². The molecule has 0 saturated carbocycles. The van der Waals surface area contributed by atoms with Crippen LogP contribution in [0.5, 0.6) is 0 Å². The SMILES string of the molecule is CCn1cc(S(=O)(=O)NCCCCCO)cc1C(=O)O. The number of hydrogen-bond acceptors (Lipinski definition) is 4. The number of aliphatic hydroxyl groups is 1. The van der Waals surface area contributed by atoms with Gasteiger partial charge in [-0.2, -0.15) is 0 Å². The number of rotatable bonds is 9. The molecule has 20 heavy (non-hydrogen) atoms. The third-order valence-electron chi connectivity index (χ3n) is 2.87. The number of carbonyl (C=O) groups is 1. The van der Waals surface area contributed by atoms with Crippen molar-refractivity contribution in [1.29, 1.82) is 0 Å². The zero-order chi connectivity index (χ0) is 15.2. The number of nitrogens with zero attached hydrogens (tertiary/aromatic N) is 1. The molecule has 114 valence electrons. The third kappa shape index (κ3) is 4.32. The summed E-state index contributed by atoms with van der Waals surface area (Å²) >= 11 is 0. The van der Waals surface area contributed by atoms with Crippen LogP contribution in [-0.2, 0) is 16.6 Å². The number of aryl methyl sites for hydroxylation is 1. The molecular formula is C12H20N2O5S. The fourth-order valence-corrected chi connectivity index (χ4v) is 2.89. The molecule has 0 bridgehead atoms. The largest absolute Gasteiger partial charge is 0.477 e. The molecule has 0 spiro atoms. The highest BCUT2D eigenvalue weighted by Crippen LogP contribution is 2.14. The normalized spacial score (nSPS) is 11.7. The summed E-state index contributed by atoms with van der Waals surface area (Å²) in [6.07, 6.45) is 3.31. The quantitative estimate of drug-likeness (QED) is 0.580. The minimum Gasteiger partial charge on any atom is -0.477 e. The average molecular weight is 304 g/mol. The van der Waals surface area contributed by atoms with Gasteiger partial charge in [-0.1, -0.05) is 0 Å². The van der Waals surface area contributed by atoms with Crippen LogP contribution in [0, 0.1) is 0 Å². The topological polar surface area (TPSA) is 109 Å². The first kappa shape index (κ1) is 16.7. The summed E-state index contributed by atoms with van der Waals surface area (Å²) in [6.45, 7) is 2.48. The second-order valence-corrected chi connectivity index (χ2v) is 6.10. The maximum absolute atomic E-state index is 12.0. The Labute approximate surface area is 118 Å². The van der Waals surface area contributed by atoms with Gasteiger partial charge in [0.15, 0.2) is 0 Å². The second kappa shape index (κ2) is 7.41. The maximum Gasteiger partial charge on any atom is 0.352 e. The van der Waals surface area contributed by atoms with Crippen molar-refractivity contribution in [1.82, 2.24) is 9.29 Å². The van der Waals surface area contributed by atoms with Gasteiger partial charge in [-0.3, -0.25) is 0 Å². The molecule has 1 rings (SSSR count). The molecular weight excluding hydrogens is 284 g/mol. The van der Waals surface area contributed by atoms with Crippen LogP contribution in [0.25, 0.3) is 0 Å². The summed E-state index contributed by atoms with van der Waals surface area (Å²) in [7, 11) is -3.69. The van der Waals surface area contributed by atoms with Crippen LogP contribution in [0.2, 0.25) is 0 Å². The lowest BCUT2D eigenvalue weighted by molar-refractivity contribution is 0.0685. The second-order valence-electron chi connectivity index (χ2n) is 4.33. The van der Waals surface area contributed by atoms with E-state index in [0.717, 1.165) is 12.5 Å². The van der Waals surface area contributed by atoms with E-state index < -0.39 is 16.0 Å².